The molecular weight excluding hydrogens is 394 g/mol. The first kappa shape index (κ1) is 17.9. The Hall–Kier alpha value is -0.920. The zero-order chi connectivity index (χ0) is 17.3. The molecule has 3 unspecified atom stereocenters. The molecule has 5 nitrogen and oxygen atoms in total. The van der Waals surface area contributed by atoms with Gasteiger partial charge >= 0.3 is 0 Å². The Kier molecular flexibility index (Phi) is 5.32. The van der Waals surface area contributed by atoms with Gasteiger partial charge in [-0.15, -0.1) is 0 Å². The van der Waals surface area contributed by atoms with Crippen LogP contribution in [0.5, 0.6) is 0 Å². The number of hydrogen-bond acceptors (Lipinski definition) is 4. The average Bonchev–Trinajstić information content (AvgIpc) is 3.26. The van der Waals surface area contributed by atoms with Crippen molar-refractivity contribution in [1.82, 2.24) is 4.90 Å². The van der Waals surface area contributed by atoms with Gasteiger partial charge in [0.2, 0.25) is 5.91 Å². The number of carbonyl (C=O) groups excluding carboxylic acids is 1. The molecule has 1 saturated carbocycles. The third-order valence-electron chi connectivity index (χ3n) is 4.85. The lowest BCUT2D eigenvalue weighted by Gasteiger charge is -2.28. The second-order valence-corrected chi connectivity index (χ2v) is 9.73. The van der Waals surface area contributed by atoms with Crippen molar-refractivity contribution < 1.29 is 17.9 Å². The molecule has 1 aromatic carbocycles. The summed E-state index contributed by atoms with van der Waals surface area (Å²) in [5, 5.41) is 0. The molecule has 0 N–H and O–H groups in total. The Morgan fingerprint density at radius 3 is 2.83 bits per heavy atom. The smallest absolute Gasteiger partial charge is 0.226 e. The van der Waals surface area contributed by atoms with Crippen molar-refractivity contribution in [3.8, 4) is 0 Å². The predicted molar refractivity (Wildman–Crippen MR) is 95.6 cm³/mol. The van der Waals surface area contributed by atoms with Crippen LogP contribution < -0.4 is 0 Å². The topological polar surface area (TPSA) is 63.7 Å². The number of amides is 1. The van der Waals surface area contributed by atoms with Gasteiger partial charge in [-0.1, -0.05) is 28.1 Å². The van der Waals surface area contributed by atoms with Crippen LogP contribution in [0.4, 0.5) is 0 Å². The largest absolute Gasteiger partial charge is 0.383 e. The number of ether oxygens (including phenoxy) is 1. The Balaban J connectivity index is 1.70. The van der Waals surface area contributed by atoms with Crippen LogP contribution in [0.1, 0.15) is 24.3 Å². The highest BCUT2D eigenvalue weighted by Crippen LogP contribution is 2.49. The van der Waals surface area contributed by atoms with E-state index in [1.54, 1.807) is 12.0 Å². The Labute approximate surface area is 151 Å². The summed E-state index contributed by atoms with van der Waals surface area (Å²) in [5.74, 6) is 0.516. The number of hydrogen-bond donors (Lipinski definition) is 0. The molecule has 2 fully saturated rings. The van der Waals surface area contributed by atoms with Crippen LogP contribution in [0, 0.1) is 5.92 Å². The molecule has 1 aromatic rings. The van der Waals surface area contributed by atoms with Crippen LogP contribution in [-0.2, 0) is 19.4 Å². The van der Waals surface area contributed by atoms with E-state index < -0.39 is 9.84 Å². The molecule has 1 heterocycles. The second kappa shape index (κ2) is 7.14. The second-order valence-electron chi connectivity index (χ2n) is 6.58. The van der Waals surface area contributed by atoms with Crippen LogP contribution in [0.15, 0.2) is 28.7 Å². The predicted octanol–water partition coefficient (Wildman–Crippen LogP) is 2.21. The monoisotopic (exact) mass is 415 g/mol. The molecule has 132 valence electrons. The molecule has 3 atom stereocenters. The van der Waals surface area contributed by atoms with Crippen molar-refractivity contribution >= 4 is 31.7 Å². The van der Waals surface area contributed by atoms with E-state index in [0.29, 0.717) is 19.6 Å². The first-order valence-electron chi connectivity index (χ1n) is 8.16. The van der Waals surface area contributed by atoms with Gasteiger partial charge in [0.15, 0.2) is 9.84 Å². The maximum atomic E-state index is 12.9. The van der Waals surface area contributed by atoms with E-state index in [-0.39, 0.29) is 35.3 Å². The van der Waals surface area contributed by atoms with Crippen molar-refractivity contribution in [2.24, 2.45) is 5.92 Å². The quantitative estimate of drug-likeness (QED) is 0.714. The number of methoxy groups -OCH3 is 1. The number of benzene rings is 1. The molecular formula is C17H22BrNO4S. The van der Waals surface area contributed by atoms with Gasteiger partial charge in [0, 0.05) is 30.1 Å². The van der Waals surface area contributed by atoms with Gasteiger partial charge in [-0.3, -0.25) is 4.79 Å². The molecule has 1 saturated heterocycles. The lowest BCUT2D eigenvalue weighted by molar-refractivity contribution is -0.135. The molecule has 2 aliphatic rings. The van der Waals surface area contributed by atoms with Gasteiger partial charge in [-0.25, -0.2) is 8.42 Å². The van der Waals surface area contributed by atoms with Gasteiger partial charge in [0.05, 0.1) is 18.1 Å². The van der Waals surface area contributed by atoms with Crippen LogP contribution in [-0.4, -0.2) is 57.0 Å². The van der Waals surface area contributed by atoms with Crippen molar-refractivity contribution in [3.05, 3.63) is 34.3 Å². The van der Waals surface area contributed by atoms with Gasteiger partial charge in [-0.05, 0) is 36.5 Å². The maximum Gasteiger partial charge on any atom is 0.226 e. The highest BCUT2D eigenvalue weighted by molar-refractivity contribution is 9.10. The standard InChI is InChI=1S/C17H22BrNO4S/c1-23-7-6-19(14-5-8-24(21,22)11-14)17(20)16-10-15(16)12-3-2-4-13(18)9-12/h2-4,9,14-16H,5-8,10-11H2,1H3. The molecule has 1 aliphatic heterocycles. The van der Waals surface area contributed by atoms with E-state index in [1.807, 2.05) is 18.2 Å². The summed E-state index contributed by atoms with van der Waals surface area (Å²) in [5.41, 5.74) is 1.16. The average molecular weight is 416 g/mol. The first-order valence-corrected chi connectivity index (χ1v) is 10.8. The summed E-state index contributed by atoms with van der Waals surface area (Å²) < 4.78 is 29.7. The summed E-state index contributed by atoms with van der Waals surface area (Å²) in [4.78, 5) is 14.7. The van der Waals surface area contributed by atoms with Crippen LogP contribution >= 0.6 is 15.9 Å². The third-order valence-corrected chi connectivity index (χ3v) is 7.10. The van der Waals surface area contributed by atoms with E-state index in [4.69, 9.17) is 4.74 Å². The Morgan fingerprint density at radius 1 is 1.42 bits per heavy atom. The van der Waals surface area contributed by atoms with Gasteiger partial charge < -0.3 is 9.64 Å². The SMILES string of the molecule is COCCN(C(=O)C1CC1c1cccc(Br)c1)C1CCS(=O)(=O)C1. The lowest BCUT2D eigenvalue weighted by atomic mass is 10.1. The first-order chi connectivity index (χ1) is 11.4. The van der Waals surface area contributed by atoms with E-state index in [0.717, 1.165) is 16.5 Å². The molecule has 3 rings (SSSR count). The zero-order valence-corrected chi connectivity index (χ0v) is 16.1. The fourth-order valence-corrected chi connectivity index (χ4v) is 5.62. The zero-order valence-electron chi connectivity index (χ0n) is 13.7. The number of sulfone groups is 1. The summed E-state index contributed by atoms with van der Waals surface area (Å²) in [6.07, 6.45) is 1.37. The molecule has 0 spiro atoms. The number of nitrogens with zero attached hydrogens (tertiary/aromatic N) is 1. The van der Waals surface area contributed by atoms with Gasteiger partial charge in [0.25, 0.3) is 0 Å². The fraction of sp³-hybridized carbons (Fsp3) is 0.588. The summed E-state index contributed by atoms with van der Waals surface area (Å²) >= 11 is 3.47. The van der Waals surface area contributed by atoms with Crippen molar-refractivity contribution in [3.63, 3.8) is 0 Å². The molecule has 24 heavy (non-hydrogen) atoms. The van der Waals surface area contributed by atoms with E-state index in [2.05, 4.69) is 22.0 Å². The number of carbonyl (C=O) groups is 1. The fourth-order valence-electron chi connectivity index (χ4n) is 3.47. The lowest BCUT2D eigenvalue weighted by Crippen LogP contribution is -2.44. The normalized spacial score (nSPS) is 27.8. The van der Waals surface area contributed by atoms with Crippen LogP contribution in [0.2, 0.25) is 0 Å². The molecule has 7 heteroatoms. The summed E-state index contributed by atoms with van der Waals surface area (Å²) in [6, 6.07) is 7.84. The van der Waals surface area contributed by atoms with E-state index in [1.165, 1.54) is 0 Å². The third kappa shape index (κ3) is 4.00. The highest BCUT2D eigenvalue weighted by Gasteiger charge is 2.47. The molecule has 0 bridgehead atoms. The Bertz CT molecular complexity index is 721. The number of halogens is 1. The van der Waals surface area contributed by atoms with Crippen LogP contribution in [0.3, 0.4) is 0 Å². The summed E-state index contributed by atoms with van der Waals surface area (Å²) in [6.45, 7) is 0.883. The molecule has 0 aromatic heterocycles. The molecule has 0 radical (unpaired) electrons. The van der Waals surface area contributed by atoms with Crippen LogP contribution in [0.25, 0.3) is 0 Å². The number of rotatable bonds is 6. The van der Waals surface area contributed by atoms with Gasteiger partial charge in [-0.2, -0.15) is 0 Å². The highest BCUT2D eigenvalue weighted by atomic mass is 79.9. The minimum Gasteiger partial charge on any atom is -0.383 e. The van der Waals surface area contributed by atoms with Crippen molar-refractivity contribution in [2.45, 2.75) is 24.8 Å². The van der Waals surface area contributed by atoms with E-state index in [9.17, 15) is 13.2 Å². The molecule has 1 aliphatic carbocycles. The maximum absolute atomic E-state index is 12.9. The summed E-state index contributed by atoms with van der Waals surface area (Å²) in [7, 11) is -1.42. The van der Waals surface area contributed by atoms with Crippen molar-refractivity contribution in [2.75, 3.05) is 31.8 Å². The Morgan fingerprint density at radius 2 is 2.21 bits per heavy atom. The van der Waals surface area contributed by atoms with Crippen molar-refractivity contribution in [1.29, 1.82) is 0 Å². The van der Waals surface area contributed by atoms with E-state index >= 15 is 0 Å². The minimum atomic E-state index is -3.02. The molecule has 1 amide bonds. The minimum absolute atomic E-state index is 0.0422. The van der Waals surface area contributed by atoms with Gasteiger partial charge in [0.1, 0.15) is 0 Å².